The fourth-order valence-electron chi connectivity index (χ4n) is 5.45. The van der Waals surface area contributed by atoms with Crippen LogP contribution >= 0.6 is 0 Å². The van der Waals surface area contributed by atoms with Crippen LogP contribution in [0, 0.1) is 0 Å². The molecule has 1 aromatic heterocycles. The molecule has 7 heteroatoms. The number of nitrogens with zero attached hydrogens (tertiary/aromatic N) is 1. The van der Waals surface area contributed by atoms with E-state index in [1.165, 1.54) is 0 Å². The van der Waals surface area contributed by atoms with Crippen LogP contribution in [-0.2, 0) is 11.3 Å². The van der Waals surface area contributed by atoms with E-state index in [4.69, 9.17) is 9.47 Å². The van der Waals surface area contributed by atoms with Gasteiger partial charge in [0.15, 0.2) is 0 Å². The molecule has 6 rings (SSSR count). The number of aromatic amines is 1. The molecule has 2 heterocycles. The first-order valence-corrected chi connectivity index (χ1v) is 13.1. The highest BCUT2D eigenvalue weighted by Crippen LogP contribution is 2.45. The summed E-state index contributed by atoms with van der Waals surface area (Å²) in [6.07, 6.45) is 0. The molecule has 1 aliphatic rings. The Hall–Kier alpha value is -5.04. The molecule has 0 aliphatic carbocycles. The third kappa shape index (κ3) is 4.56. The zero-order chi connectivity index (χ0) is 27.6. The standard InChI is InChI=1S/C33H29N3O4/c1-39-23-16-14-21(15-17-23)19-34-29(37)20-36-32(25-10-3-4-11-26(25)33(36)38)30-27-12-5-6-13-28(27)35-31(30)22-8-7-9-24(18-22)40-2/h3-18,32,35H,19-20H2,1-2H3,(H,34,37). The fraction of sp³-hybridized carbons (Fsp3) is 0.152. The number of methoxy groups -OCH3 is 2. The number of H-pyrrole nitrogens is 1. The second-order valence-corrected chi connectivity index (χ2v) is 9.74. The van der Waals surface area contributed by atoms with Gasteiger partial charge in [0.25, 0.3) is 5.91 Å². The number of benzene rings is 4. The highest BCUT2D eigenvalue weighted by atomic mass is 16.5. The summed E-state index contributed by atoms with van der Waals surface area (Å²) in [7, 11) is 3.26. The zero-order valence-corrected chi connectivity index (χ0v) is 22.3. The van der Waals surface area contributed by atoms with Crippen molar-refractivity contribution in [2.75, 3.05) is 20.8 Å². The molecule has 2 N–H and O–H groups in total. The first kappa shape index (κ1) is 25.2. The summed E-state index contributed by atoms with van der Waals surface area (Å²) in [5.74, 6) is 1.09. The van der Waals surface area contributed by atoms with Gasteiger partial charge in [-0.05, 0) is 47.5 Å². The Morgan fingerprint density at radius 1 is 0.875 bits per heavy atom. The quantitative estimate of drug-likeness (QED) is 0.269. The number of aromatic nitrogens is 1. The minimum Gasteiger partial charge on any atom is -0.497 e. The molecule has 200 valence electrons. The van der Waals surface area contributed by atoms with Crippen molar-refractivity contribution in [1.29, 1.82) is 0 Å². The molecule has 0 saturated carbocycles. The van der Waals surface area contributed by atoms with E-state index in [0.717, 1.165) is 50.3 Å². The van der Waals surface area contributed by atoms with Crippen molar-refractivity contribution in [2.45, 2.75) is 12.6 Å². The minimum absolute atomic E-state index is 0.0780. The van der Waals surface area contributed by atoms with Crippen molar-refractivity contribution in [2.24, 2.45) is 0 Å². The predicted molar refractivity (Wildman–Crippen MR) is 154 cm³/mol. The number of carbonyl (C=O) groups excluding carboxylic acids is 2. The largest absolute Gasteiger partial charge is 0.497 e. The van der Waals surface area contributed by atoms with E-state index in [-0.39, 0.29) is 18.4 Å². The van der Waals surface area contributed by atoms with Crippen molar-refractivity contribution in [3.05, 3.63) is 119 Å². The Labute approximate surface area is 232 Å². The topological polar surface area (TPSA) is 83.7 Å². The summed E-state index contributed by atoms with van der Waals surface area (Å²) in [6.45, 7) is 0.274. The average molecular weight is 532 g/mol. The second-order valence-electron chi connectivity index (χ2n) is 9.74. The monoisotopic (exact) mass is 531 g/mol. The SMILES string of the molecule is COc1ccc(CNC(=O)CN2C(=O)c3ccccc3C2c2c(-c3cccc(OC)c3)[nH]c3ccccc23)cc1. The summed E-state index contributed by atoms with van der Waals surface area (Å²) in [4.78, 5) is 32.3. The first-order valence-electron chi connectivity index (χ1n) is 13.1. The molecule has 0 spiro atoms. The van der Waals surface area contributed by atoms with Crippen LogP contribution in [0.3, 0.4) is 0 Å². The maximum Gasteiger partial charge on any atom is 0.255 e. The van der Waals surface area contributed by atoms with Crippen LogP contribution in [0.4, 0.5) is 0 Å². The molecule has 2 amide bonds. The summed E-state index contributed by atoms with van der Waals surface area (Å²) in [5, 5.41) is 3.98. The van der Waals surface area contributed by atoms with Crippen LogP contribution in [-0.4, -0.2) is 42.5 Å². The molecule has 1 atom stereocenters. The number of ether oxygens (including phenoxy) is 2. The Morgan fingerprint density at radius 2 is 1.62 bits per heavy atom. The third-order valence-corrected chi connectivity index (χ3v) is 7.40. The van der Waals surface area contributed by atoms with Gasteiger partial charge in [-0.3, -0.25) is 9.59 Å². The highest BCUT2D eigenvalue weighted by molar-refractivity contribution is 6.03. The van der Waals surface area contributed by atoms with Crippen molar-refractivity contribution in [3.63, 3.8) is 0 Å². The Bertz CT molecular complexity index is 1710. The molecular formula is C33H29N3O4. The lowest BCUT2D eigenvalue weighted by Gasteiger charge is -2.26. The van der Waals surface area contributed by atoms with Gasteiger partial charge in [-0.2, -0.15) is 0 Å². The summed E-state index contributed by atoms with van der Waals surface area (Å²) < 4.78 is 10.7. The second kappa shape index (κ2) is 10.6. The molecule has 0 radical (unpaired) electrons. The summed E-state index contributed by atoms with van der Waals surface area (Å²) in [6, 6.07) is 30.6. The number of rotatable bonds is 8. The highest BCUT2D eigenvalue weighted by Gasteiger charge is 2.41. The minimum atomic E-state index is -0.451. The predicted octanol–water partition coefficient (Wildman–Crippen LogP) is 5.71. The van der Waals surface area contributed by atoms with Crippen LogP contribution in [0.2, 0.25) is 0 Å². The van der Waals surface area contributed by atoms with Crippen molar-refractivity contribution in [3.8, 4) is 22.8 Å². The lowest BCUT2D eigenvalue weighted by molar-refractivity contribution is -0.122. The number of fused-ring (bicyclic) bond motifs is 2. The Balaban J connectivity index is 1.39. The van der Waals surface area contributed by atoms with E-state index >= 15 is 0 Å². The molecule has 1 unspecified atom stereocenters. The number of para-hydroxylation sites is 1. The molecule has 4 aromatic carbocycles. The van der Waals surface area contributed by atoms with E-state index in [1.807, 2.05) is 91.0 Å². The van der Waals surface area contributed by atoms with Crippen molar-refractivity contribution in [1.82, 2.24) is 15.2 Å². The zero-order valence-electron chi connectivity index (χ0n) is 22.3. The van der Waals surface area contributed by atoms with Gasteiger partial charge in [0.05, 0.1) is 26.0 Å². The molecule has 7 nitrogen and oxygen atoms in total. The Kier molecular flexibility index (Phi) is 6.70. The smallest absolute Gasteiger partial charge is 0.255 e. The third-order valence-electron chi connectivity index (χ3n) is 7.40. The first-order chi connectivity index (χ1) is 19.6. The lowest BCUT2D eigenvalue weighted by atomic mass is 9.93. The van der Waals surface area contributed by atoms with E-state index in [2.05, 4.69) is 16.4 Å². The van der Waals surface area contributed by atoms with Crippen molar-refractivity contribution >= 4 is 22.7 Å². The van der Waals surface area contributed by atoms with E-state index in [9.17, 15) is 9.59 Å². The van der Waals surface area contributed by atoms with Gasteiger partial charge in [0.1, 0.15) is 18.0 Å². The summed E-state index contributed by atoms with van der Waals surface area (Å²) in [5.41, 5.74) is 6.16. The van der Waals surface area contributed by atoms with Gasteiger partial charge in [-0.15, -0.1) is 0 Å². The molecule has 40 heavy (non-hydrogen) atoms. The van der Waals surface area contributed by atoms with Crippen LogP contribution in [0.25, 0.3) is 22.2 Å². The maximum atomic E-state index is 13.8. The van der Waals surface area contributed by atoms with Gasteiger partial charge in [0.2, 0.25) is 5.91 Å². The normalized spacial score (nSPS) is 14.3. The fourth-order valence-corrected chi connectivity index (χ4v) is 5.45. The summed E-state index contributed by atoms with van der Waals surface area (Å²) >= 11 is 0. The van der Waals surface area contributed by atoms with Gasteiger partial charge in [-0.1, -0.05) is 60.7 Å². The molecule has 1 aliphatic heterocycles. The van der Waals surface area contributed by atoms with Crippen molar-refractivity contribution < 1.29 is 19.1 Å². The van der Waals surface area contributed by atoms with E-state index in [0.29, 0.717) is 12.1 Å². The van der Waals surface area contributed by atoms with Crippen LogP contribution in [0.15, 0.2) is 97.1 Å². The number of hydrogen-bond donors (Lipinski definition) is 2. The van der Waals surface area contributed by atoms with E-state index in [1.54, 1.807) is 19.1 Å². The molecule has 0 fully saturated rings. The van der Waals surface area contributed by atoms with Gasteiger partial charge in [0, 0.05) is 34.1 Å². The van der Waals surface area contributed by atoms with Gasteiger partial charge < -0.3 is 24.7 Å². The molecule has 0 saturated heterocycles. The number of amides is 2. The number of carbonyl (C=O) groups is 2. The Morgan fingerprint density at radius 3 is 2.42 bits per heavy atom. The van der Waals surface area contributed by atoms with Crippen LogP contribution in [0.1, 0.15) is 33.1 Å². The van der Waals surface area contributed by atoms with Crippen LogP contribution < -0.4 is 14.8 Å². The average Bonchev–Trinajstić information content (AvgIpc) is 3.51. The van der Waals surface area contributed by atoms with E-state index < -0.39 is 6.04 Å². The van der Waals surface area contributed by atoms with Crippen LogP contribution in [0.5, 0.6) is 11.5 Å². The van der Waals surface area contributed by atoms with Gasteiger partial charge in [-0.25, -0.2) is 0 Å². The number of hydrogen-bond acceptors (Lipinski definition) is 4. The lowest BCUT2D eigenvalue weighted by Crippen LogP contribution is -2.39. The number of nitrogens with one attached hydrogen (secondary N) is 2. The molecule has 0 bridgehead atoms. The maximum absolute atomic E-state index is 13.8. The van der Waals surface area contributed by atoms with Gasteiger partial charge >= 0.3 is 0 Å². The molecule has 5 aromatic rings. The molecular weight excluding hydrogens is 502 g/mol.